The number of fused-ring (bicyclic) bond motifs is 1. The van der Waals surface area contributed by atoms with Crippen molar-refractivity contribution in [2.24, 2.45) is 0 Å². The van der Waals surface area contributed by atoms with Crippen LogP contribution in [-0.2, 0) is 9.53 Å². The Morgan fingerprint density at radius 1 is 1.17 bits per heavy atom. The van der Waals surface area contributed by atoms with E-state index >= 15 is 0 Å². The summed E-state index contributed by atoms with van der Waals surface area (Å²) in [7, 11) is 1.67. The lowest BCUT2D eigenvalue weighted by Gasteiger charge is -2.18. The van der Waals surface area contributed by atoms with Gasteiger partial charge in [-0.15, -0.1) is 11.8 Å². The standard InChI is InChI=1S/C26H26N4O4S/c1-33-11-2-12-34-21-6-3-18(4-7-21)19-5-8-24-23(13-19)22(9-10-28-24)26(32)29-15-25(31)30-17-35-16-20(30)14-27/h3-10,13,20H,2,11-12,15-17H2,1H3,(H,29,32)/t20-/m1/s1. The average Bonchev–Trinajstić information content (AvgIpc) is 3.38. The lowest BCUT2D eigenvalue weighted by molar-refractivity contribution is -0.129. The van der Waals surface area contributed by atoms with Crippen LogP contribution in [0.5, 0.6) is 5.75 Å². The highest BCUT2D eigenvalue weighted by molar-refractivity contribution is 7.99. The molecule has 3 aromatic rings. The minimum atomic E-state index is -0.448. The Morgan fingerprint density at radius 2 is 1.97 bits per heavy atom. The van der Waals surface area contributed by atoms with Gasteiger partial charge in [0.25, 0.3) is 5.91 Å². The molecule has 0 spiro atoms. The van der Waals surface area contributed by atoms with E-state index in [2.05, 4.69) is 16.4 Å². The quantitative estimate of drug-likeness (QED) is 0.458. The van der Waals surface area contributed by atoms with Gasteiger partial charge in [-0.05, 0) is 41.5 Å². The van der Waals surface area contributed by atoms with Gasteiger partial charge in [0, 0.05) is 37.5 Å². The van der Waals surface area contributed by atoms with E-state index in [4.69, 9.17) is 9.47 Å². The molecule has 2 amide bonds. The number of aromatic nitrogens is 1. The number of nitrogens with zero attached hydrogens (tertiary/aromatic N) is 3. The molecule has 8 nitrogen and oxygen atoms in total. The Bertz CT molecular complexity index is 1240. The summed E-state index contributed by atoms with van der Waals surface area (Å²) in [6.07, 6.45) is 2.40. The zero-order valence-corrected chi connectivity index (χ0v) is 20.2. The molecule has 0 unspecified atom stereocenters. The number of ether oxygens (including phenoxy) is 2. The zero-order valence-electron chi connectivity index (χ0n) is 19.4. The van der Waals surface area contributed by atoms with Crippen LogP contribution in [0.4, 0.5) is 0 Å². The van der Waals surface area contributed by atoms with Crippen molar-refractivity contribution in [3.8, 4) is 22.9 Å². The van der Waals surface area contributed by atoms with E-state index < -0.39 is 6.04 Å². The fourth-order valence-electron chi connectivity index (χ4n) is 3.81. The van der Waals surface area contributed by atoms with Crippen molar-refractivity contribution in [2.45, 2.75) is 12.5 Å². The van der Waals surface area contributed by atoms with Crippen LogP contribution in [0, 0.1) is 11.3 Å². The van der Waals surface area contributed by atoms with Crippen LogP contribution in [0.2, 0.25) is 0 Å². The number of benzene rings is 2. The van der Waals surface area contributed by atoms with Crippen LogP contribution in [-0.4, -0.2) is 66.2 Å². The number of thioether (sulfide) groups is 1. The number of carbonyl (C=O) groups excluding carboxylic acids is 2. The van der Waals surface area contributed by atoms with Crippen LogP contribution in [0.15, 0.2) is 54.7 Å². The van der Waals surface area contributed by atoms with Crippen molar-refractivity contribution in [3.05, 3.63) is 60.3 Å². The second-order valence-corrected chi connectivity index (χ2v) is 9.00. The smallest absolute Gasteiger partial charge is 0.252 e. The van der Waals surface area contributed by atoms with Gasteiger partial charge in [0.05, 0.1) is 36.2 Å². The number of methoxy groups -OCH3 is 1. The first kappa shape index (κ1) is 24.5. The highest BCUT2D eigenvalue weighted by Gasteiger charge is 2.29. The summed E-state index contributed by atoms with van der Waals surface area (Å²) in [5.74, 6) is 1.22. The molecule has 1 aromatic heterocycles. The summed E-state index contributed by atoms with van der Waals surface area (Å²) < 4.78 is 10.8. The van der Waals surface area contributed by atoms with Gasteiger partial charge in [0.15, 0.2) is 0 Å². The molecule has 1 N–H and O–H groups in total. The maximum absolute atomic E-state index is 13.0. The summed E-state index contributed by atoms with van der Waals surface area (Å²) in [5.41, 5.74) is 3.05. The van der Waals surface area contributed by atoms with E-state index in [1.165, 1.54) is 16.7 Å². The van der Waals surface area contributed by atoms with Gasteiger partial charge in [-0.1, -0.05) is 18.2 Å². The molecule has 1 aliphatic rings. The van der Waals surface area contributed by atoms with Crippen molar-refractivity contribution >= 4 is 34.5 Å². The van der Waals surface area contributed by atoms with Crippen molar-refractivity contribution in [1.29, 1.82) is 5.26 Å². The number of carbonyl (C=O) groups is 2. The lowest BCUT2D eigenvalue weighted by atomic mass is 10.0. The largest absolute Gasteiger partial charge is 0.494 e. The molecule has 1 saturated heterocycles. The Kier molecular flexibility index (Phi) is 8.19. The SMILES string of the molecule is COCCCOc1ccc(-c2ccc3nccc(C(=O)NCC(=O)N4CSC[C@H]4C#N)c3c2)cc1. The Balaban J connectivity index is 1.47. The van der Waals surface area contributed by atoms with Crippen LogP contribution in [0.3, 0.4) is 0 Å². The second kappa shape index (κ2) is 11.7. The van der Waals surface area contributed by atoms with E-state index in [1.807, 2.05) is 42.5 Å². The van der Waals surface area contributed by atoms with E-state index in [-0.39, 0.29) is 18.4 Å². The summed E-state index contributed by atoms with van der Waals surface area (Å²) in [6, 6.07) is 16.9. The minimum absolute atomic E-state index is 0.160. The number of hydrogen-bond acceptors (Lipinski definition) is 7. The summed E-state index contributed by atoms with van der Waals surface area (Å²) in [4.78, 5) is 31.3. The summed E-state index contributed by atoms with van der Waals surface area (Å²) in [6.45, 7) is 1.08. The second-order valence-electron chi connectivity index (χ2n) is 8.00. The van der Waals surface area contributed by atoms with E-state index in [0.29, 0.717) is 41.3 Å². The van der Waals surface area contributed by atoms with E-state index in [0.717, 1.165) is 23.3 Å². The normalized spacial score (nSPS) is 15.1. The summed E-state index contributed by atoms with van der Waals surface area (Å²) in [5, 5.41) is 12.6. The monoisotopic (exact) mass is 490 g/mol. The van der Waals surface area contributed by atoms with Gasteiger partial charge in [0.2, 0.25) is 5.91 Å². The molecule has 0 radical (unpaired) electrons. The molecule has 1 fully saturated rings. The molecule has 35 heavy (non-hydrogen) atoms. The first-order valence-electron chi connectivity index (χ1n) is 11.3. The molecule has 0 bridgehead atoms. The number of amides is 2. The van der Waals surface area contributed by atoms with Crippen LogP contribution < -0.4 is 10.1 Å². The van der Waals surface area contributed by atoms with Gasteiger partial charge in [-0.2, -0.15) is 5.26 Å². The molecule has 0 saturated carbocycles. The number of rotatable bonds is 9. The number of nitriles is 1. The fourth-order valence-corrected chi connectivity index (χ4v) is 4.91. The van der Waals surface area contributed by atoms with Crippen molar-refractivity contribution in [2.75, 3.05) is 38.5 Å². The van der Waals surface area contributed by atoms with Crippen molar-refractivity contribution < 1.29 is 19.1 Å². The molecule has 2 aromatic carbocycles. The maximum Gasteiger partial charge on any atom is 0.252 e. The number of nitrogens with one attached hydrogen (secondary N) is 1. The van der Waals surface area contributed by atoms with Crippen molar-refractivity contribution in [1.82, 2.24) is 15.2 Å². The third-order valence-electron chi connectivity index (χ3n) is 5.69. The molecule has 1 aliphatic heterocycles. The predicted molar refractivity (Wildman–Crippen MR) is 135 cm³/mol. The Hall–Kier alpha value is -3.61. The van der Waals surface area contributed by atoms with Gasteiger partial charge >= 0.3 is 0 Å². The van der Waals surface area contributed by atoms with Crippen LogP contribution in [0.25, 0.3) is 22.0 Å². The van der Waals surface area contributed by atoms with E-state index in [1.54, 1.807) is 19.4 Å². The Labute approximate surface area is 208 Å². The predicted octanol–water partition coefficient (Wildman–Crippen LogP) is 3.47. The number of pyridine rings is 1. The summed E-state index contributed by atoms with van der Waals surface area (Å²) >= 11 is 1.53. The molecular formula is C26H26N4O4S. The first-order chi connectivity index (χ1) is 17.1. The molecule has 4 rings (SSSR count). The third-order valence-corrected chi connectivity index (χ3v) is 6.70. The topological polar surface area (TPSA) is 105 Å². The molecule has 180 valence electrons. The number of hydrogen-bond donors (Lipinski definition) is 1. The molecule has 1 atom stereocenters. The van der Waals surface area contributed by atoms with Crippen LogP contribution >= 0.6 is 11.8 Å². The van der Waals surface area contributed by atoms with Crippen LogP contribution in [0.1, 0.15) is 16.8 Å². The third kappa shape index (κ3) is 5.91. The average molecular weight is 491 g/mol. The zero-order chi connectivity index (χ0) is 24.6. The molecular weight excluding hydrogens is 464 g/mol. The van der Waals surface area contributed by atoms with Gasteiger partial charge in [-0.3, -0.25) is 14.6 Å². The Morgan fingerprint density at radius 3 is 2.74 bits per heavy atom. The first-order valence-corrected chi connectivity index (χ1v) is 12.4. The molecule has 9 heteroatoms. The van der Waals surface area contributed by atoms with Gasteiger partial charge < -0.3 is 19.7 Å². The fraction of sp³-hybridized carbons (Fsp3) is 0.308. The molecule has 2 heterocycles. The van der Waals surface area contributed by atoms with Crippen molar-refractivity contribution in [3.63, 3.8) is 0 Å². The molecule has 0 aliphatic carbocycles. The highest BCUT2D eigenvalue weighted by Crippen LogP contribution is 2.27. The van der Waals surface area contributed by atoms with Gasteiger partial charge in [-0.25, -0.2) is 0 Å². The van der Waals surface area contributed by atoms with E-state index in [9.17, 15) is 14.9 Å². The van der Waals surface area contributed by atoms with Gasteiger partial charge in [0.1, 0.15) is 11.8 Å². The lowest BCUT2D eigenvalue weighted by Crippen LogP contribution is -2.42. The maximum atomic E-state index is 13.0. The minimum Gasteiger partial charge on any atom is -0.494 e. The highest BCUT2D eigenvalue weighted by atomic mass is 32.2.